The van der Waals surface area contributed by atoms with Gasteiger partial charge in [0.15, 0.2) is 0 Å². The van der Waals surface area contributed by atoms with E-state index in [-0.39, 0.29) is 0 Å². The number of benzene rings is 1. The van der Waals surface area contributed by atoms with Crippen LogP contribution in [0.15, 0.2) is 18.2 Å². The van der Waals surface area contributed by atoms with E-state index >= 15 is 0 Å². The van der Waals surface area contributed by atoms with Crippen LogP contribution in [0.1, 0.15) is 36.8 Å². The molecule has 2 rings (SSSR count). The summed E-state index contributed by atoms with van der Waals surface area (Å²) in [4.78, 5) is 2.53. The normalized spacial score (nSPS) is 17.4. The number of hydrogen-bond donors (Lipinski definition) is 1. The predicted octanol–water partition coefficient (Wildman–Crippen LogP) is 2.53. The van der Waals surface area contributed by atoms with Crippen molar-refractivity contribution >= 4 is 0 Å². The van der Waals surface area contributed by atoms with Gasteiger partial charge in [-0.3, -0.25) is 4.90 Å². The Morgan fingerprint density at radius 1 is 1.17 bits per heavy atom. The first-order valence-corrected chi connectivity index (χ1v) is 6.91. The third kappa shape index (κ3) is 3.47. The number of ether oxygens (including phenoxy) is 1. The van der Waals surface area contributed by atoms with Crippen molar-refractivity contribution in [2.24, 2.45) is 5.73 Å². The molecule has 2 N–H and O–H groups in total. The summed E-state index contributed by atoms with van der Waals surface area (Å²) in [5.74, 6) is 0.983. The fraction of sp³-hybridized carbons (Fsp3) is 0.600. The second-order valence-electron chi connectivity index (χ2n) is 5.04. The Bertz CT molecular complexity index is 371. The summed E-state index contributed by atoms with van der Waals surface area (Å²) in [6.07, 6.45) is 5.38. The third-order valence-electron chi connectivity index (χ3n) is 3.67. The van der Waals surface area contributed by atoms with E-state index in [1.165, 1.54) is 49.9 Å². The van der Waals surface area contributed by atoms with Crippen molar-refractivity contribution in [2.45, 2.75) is 38.8 Å². The summed E-state index contributed by atoms with van der Waals surface area (Å²) in [6.45, 7) is 3.99. The maximum Gasteiger partial charge on any atom is 0.123 e. The van der Waals surface area contributed by atoms with Crippen LogP contribution in [0.4, 0.5) is 0 Å². The Morgan fingerprint density at radius 3 is 2.50 bits per heavy atom. The third-order valence-corrected chi connectivity index (χ3v) is 3.67. The van der Waals surface area contributed by atoms with Crippen molar-refractivity contribution in [3.05, 3.63) is 29.3 Å². The highest BCUT2D eigenvalue weighted by atomic mass is 16.5. The van der Waals surface area contributed by atoms with Crippen molar-refractivity contribution in [3.8, 4) is 5.75 Å². The molecule has 1 aliphatic heterocycles. The van der Waals surface area contributed by atoms with Crippen LogP contribution >= 0.6 is 0 Å². The molecule has 0 aromatic heterocycles. The van der Waals surface area contributed by atoms with Crippen LogP contribution in [0, 0.1) is 0 Å². The van der Waals surface area contributed by atoms with Crippen molar-refractivity contribution in [1.82, 2.24) is 4.90 Å². The molecule has 0 amide bonds. The number of rotatable bonds is 4. The van der Waals surface area contributed by atoms with Crippen LogP contribution in [-0.4, -0.2) is 25.1 Å². The molecule has 1 fully saturated rings. The van der Waals surface area contributed by atoms with E-state index < -0.39 is 0 Å². The van der Waals surface area contributed by atoms with Crippen LogP contribution in [0.3, 0.4) is 0 Å². The fourth-order valence-corrected chi connectivity index (χ4v) is 2.62. The molecule has 3 heteroatoms. The molecule has 0 spiro atoms. The Morgan fingerprint density at radius 2 is 1.89 bits per heavy atom. The summed E-state index contributed by atoms with van der Waals surface area (Å²) in [7, 11) is 1.74. The molecular weight excluding hydrogens is 224 g/mol. The highest BCUT2D eigenvalue weighted by Crippen LogP contribution is 2.23. The Balaban J connectivity index is 2.10. The first-order valence-electron chi connectivity index (χ1n) is 6.91. The zero-order valence-electron chi connectivity index (χ0n) is 11.3. The first kappa shape index (κ1) is 13.4. The minimum absolute atomic E-state index is 0.594. The van der Waals surface area contributed by atoms with E-state index in [0.29, 0.717) is 6.54 Å². The van der Waals surface area contributed by atoms with Gasteiger partial charge in [0.1, 0.15) is 5.75 Å². The number of nitrogens with zero attached hydrogens (tertiary/aromatic N) is 1. The van der Waals surface area contributed by atoms with E-state index in [1.807, 2.05) is 12.1 Å². The van der Waals surface area contributed by atoms with Gasteiger partial charge in [0, 0.05) is 18.7 Å². The molecule has 0 unspecified atom stereocenters. The maximum absolute atomic E-state index is 5.71. The van der Waals surface area contributed by atoms with Gasteiger partial charge in [-0.05, 0) is 43.6 Å². The Kier molecular flexibility index (Phi) is 5.02. The zero-order valence-corrected chi connectivity index (χ0v) is 11.3. The highest BCUT2D eigenvalue weighted by Gasteiger charge is 2.12. The molecule has 0 atom stereocenters. The van der Waals surface area contributed by atoms with Crippen molar-refractivity contribution in [1.29, 1.82) is 0 Å². The number of likely N-dealkylation sites (tertiary alicyclic amines) is 1. The van der Waals surface area contributed by atoms with Gasteiger partial charge in [-0.1, -0.05) is 18.9 Å². The molecule has 0 bridgehead atoms. The van der Waals surface area contributed by atoms with Gasteiger partial charge in [0.05, 0.1) is 7.11 Å². The summed E-state index contributed by atoms with van der Waals surface area (Å²) in [5.41, 5.74) is 8.16. The highest BCUT2D eigenvalue weighted by molar-refractivity contribution is 5.37. The predicted molar refractivity (Wildman–Crippen MR) is 74.6 cm³/mol. The lowest BCUT2D eigenvalue weighted by molar-refractivity contribution is 0.271. The van der Waals surface area contributed by atoms with Crippen molar-refractivity contribution < 1.29 is 4.74 Å². The maximum atomic E-state index is 5.71. The molecule has 18 heavy (non-hydrogen) atoms. The SMILES string of the molecule is COc1ccc(CN)cc1CN1CCCCCC1. The molecule has 1 aromatic carbocycles. The van der Waals surface area contributed by atoms with Crippen LogP contribution in [0.5, 0.6) is 5.75 Å². The Labute approximate surface area is 110 Å². The van der Waals surface area contributed by atoms with E-state index in [9.17, 15) is 0 Å². The lowest BCUT2D eigenvalue weighted by Gasteiger charge is -2.21. The van der Waals surface area contributed by atoms with Gasteiger partial charge in [-0.25, -0.2) is 0 Å². The lowest BCUT2D eigenvalue weighted by atomic mass is 10.1. The average Bonchev–Trinajstić information content (AvgIpc) is 2.67. The minimum atomic E-state index is 0.594. The molecule has 1 saturated heterocycles. The molecule has 0 radical (unpaired) electrons. The number of methoxy groups -OCH3 is 1. The van der Waals surface area contributed by atoms with Gasteiger partial charge in [0.2, 0.25) is 0 Å². The summed E-state index contributed by atoms with van der Waals surface area (Å²) >= 11 is 0. The molecule has 0 aliphatic carbocycles. The number of hydrogen-bond acceptors (Lipinski definition) is 3. The topological polar surface area (TPSA) is 38.5 Å². The largest absolute Gasteiger partial charge is 0.496 e. The summed E-state index contributed by atoms with van der Waals surface area (Å²) in [5, 5.41) is 0. The van der Waals surface area contributed by atoms with Gasteiger partial charge in [-0.15, -0.1) is 0 Å². The summed E-state index contributed by atoms with van der Waals surface area (Å²) in [6, 6.07) is 6.27. The standard InChI is InChI=1S/C15H24N2O/c1-18-15-7-6-13(11-16)10-14(15)12-17-8-4-2-3-5-9-17/h6-7,10H,2-5,8-9,11-12,16H2,1H3. The smallest absolute Gasteiger partial charge is 0.123 e. The molecule has 1 aromatic rings. The van der Waals surface area contributed by atoms with E-state index in [4.69, 9.17) is 10.5 Å². The van der Waals surface area contributed by atoms with Crippen LogP contribution in [0.2, 0.25) is 0 Å². The quantitative estimate of drug-likeness (QED) is 0.890. The van der Waals surface area contributed by atoms with E-state index in [1.54, 1.807) is 7.11 Å². The number of nitrogens with two attached hydrogens (primary N) is 1. The molecular formula is C15H24N2O. The second kappa shape index (κ2) is 6.76. The second-order valence-corrected chi connectivity index (χ2v) is 5.04. The van der Waals surface area contributed by atoms with Crippen molar-refractivity contribution in [2.75, 3.05) is 20.2 Å². The first-order chi connectivity index (χ1) is 8.83. The lowest BCUT2D eigenvalue weighted by Crippen LogP contribution is -2.24. The van der Waals surface area contributed by atoms with Gasteiger partial charge < -0.3 is 10.5 Å². The monoisotopic (exact) mass is 248 g/mol. The zero-order chi connectivity index (χ0) is 12.8. The van der Waals surface area contributed by atoms with Crippen LogP contribution in [-0.2, 0) is 13.1 Å². The fourth-order valence-electron chi connectivity index (χ4n) is 2.62. The van der Waals surface area contributed by atoms with Gasteiger partial charge in [-0.2, -0.15) is 0 Å². The molecule has 100 valence electrons. The molecule has 1 heterocycles. The molecule has 0 saturated carbocycles. The average molecular weight is 248 g/mol. The van der Waals surface area contributed by atoms with Gasteiger partial charge >= 0.3 is 0 Å². The molecule has 1 aliphatic rings. The van der Waals surface area contributed by atoms with Gasteiger partial charge in [0.25, 0.3) is 0 Å². The van der Waals surface area contributed by atoms with Crippen LogP contribution < -0.4 is 10.5 Å². The van der Waals surface area contributed by atoms with E-state index in [0.717, 1.165) is 12.3 Å². The minimum Gasteiger partial charge on any atom is -0.496 e. The van der Waals surface area contributed by atoms with Crippen molar-refractivity contribution in [3.63, 3.8) is 0 Å². The molecule has 3 nitrogen and oxygen atoms in total. The van der Waals surface area contributed by atoms with Crippen LogP contribution in [0.25, 0.3) is 0 Å². The summed E-state index contributed by atoms with van der Waals surface area (Å²) < 4.78 is 5.45. The van der Waals surface area contributed by atoms with E-state index in [2.05, 4.69) is 11.0 Å². The Hall–Kier alpha value is -1.06.